The molecule has 1 spiro atoms. The second kappa shape index (κ2) is 10.9. The van der Waals surface area contributed by atoms with Crippen molar-refractivity contribution in [1.82, 2.24) is 4.90 Å². The predicted octanol–water partition coefficient (Wildman–Crippen LogP) is 6.10. The fraction of sp³-hybridized carbons (Fsp3) is 0.353. The molecule has 4 atom stereocenters. The van der Waals surface area contributed by atoms with E-state index >= 15 is 0 Å². The lowest BCUT2D eigenvalue weighted by atomic mass is 9.62. The van der Waals surface area contributed by atoms with Crippen LogP contribution >= 0.6 is 0 Å². The number of carbonyl (C=O) groups is 2. The number of benzene rings is 3. The molecular formula is C34H36N2O4. The average molecular weight is 537 g/mol. The summed E-state index contributed by atoms with van der Waals surface area (Å²) in [6.07, 6.45) is 2.58. The maximum absolute atomic E-state index is 13.3. The van der Waals surface area contributed by atoms with Gasteiger partial charge in [-0.1, -0.05) is 73.7 Å². The van der Waals surface area contributed by atoms with Gasteiger partial charge in [-0.2, -0.15) is 0 Å². The molecule has 0 saturated carbocycles. The number of carbonyl (C=O) groups excluding carboxylic acids is 2. The maximum atomic E-state index is 13.3. The van der Waals surface area contributed by atoms with E-state index in [0.29, 0.717) is 30.4 Å². The Kier molecular flexibility index (Phi) is 7.20. The zero-order chi connectivity index (χ0) is 27.7. The Morgan fingerprint density at radius 2 is 1.68 bits per heavy atom. The summed E-state index contributed by atoms with van der Waals surface area (Å²) in [5.74, 6) is -0.498. The van der Waals surface area contributed by atoms with E-state index in [1.165, 1.54) is 18.2 Å². The standard InChI is InChI=1S/C34H36N2O4/c1-3-26(40-32(37)24-14-8-5-9-15-24)20-25-21-27(33(38)39-2)30-34(28-16-10-11-17-29(28)35-30)18-19-36(31(25)34)22-23-12-6-4-7-13-23/h4-17,25-26,31,35H,3,18-22H2,1-2H3/t25-,26?,31+,34-/m1/s1. The number of nitrogens with zero attached hydrogens (tertiary/aromatic N) is 1. The van der Waals surface area contributed by atoms with E-state index in [2.05, 4.69) is 59.6 Å². The molecule has 1 N–H and O–H groups in total. The van der Waals surface area contributed by atoms with Crippen molar-refractivity contribution in [2.24, 2.45) is 5.92 Å². The third-order valence-corrected chi connectivity index (χ3v) is 8.98. The number of hydrogen-bond donors (Lipinski definition) is 1. The maximum Gasteiger partial charge on any atom is 0.338 e. The highest BCUT2D eigenvalue weighted by molar-refractivity contribution is 5.93. The minimum Gasteiger partial charge on any atom is -0.466 e. The van der Waals surface area contributed by atoms with Gasteiger partial charge >= 0.3 is 11.9 Å². The van der Waals surface area contributed by atoms with Crippen molar-refractivity contribution < 1.29 is 19.1 Å². The molecule has 6 rings (SSSR count). The smallest absolute Gasteiger partial charge is 0.338 e. The minimum atomic E-state index is -0.348. The number of esters is 2. The van der Waals surface area contributed by atoms with Gasteiger partial charge < -0.3 is 14.8 Å². The summed E-state index contributed by atoms with van der Waals surface area (Å²) in [5.41, 5.74) is 5.49. The van der Waals surface area contributed by atoms with Crippen LogP contribution in [0.15, 0.2) is 96.2 Å². The van der Waals surface area contributed by atoms with Crippen LogP contribution in [0.4, 0.5) is 5.69 Å². The van der Waals surface area contributed by atoms with Gasteiger partial charge in [-0.05, 0) is 60.9 Å². The van der Waals surface area contributed by atoms with E-state index in [1.807, 2.05) is 30.3 Å². The molecule has 1 unspecified atom stereocenters. The number of hydrogen-bond acceptors (Lipinski definition) is 6. The molecule has 0 radical (unpaired) electrons. The highest BCUT2D eigenvalue weighted by Crippen LogP contribution is 2.59. The molecule has 1 fully saturated rings. The quantitative estimate of drug-likeness (QED) is 0.351. The number of fused-ring (bicyclic) bond motifs is 1. The third-order valence-electron chi connectivity index (χ3n) is 8.98. The van der Waals surface area contributed by atoms with Crippen molar-refractivity contribution in [1.29, 1.82) is 0 Å². The predicted molar refractivity (Wildman–Crippen MR) is 155 cm³/mol. The molecule has 3 aliphatic rings. The lowest BCUT2D eigenvalue weighted by Crippen LogP contribution is -2.52. The first-order chi connectivity index (χ1) is 19.5. The van der Waals surface area contributed by atoms with Crippen LogP contribution < -0.4 is 5.32 Å². The number of anilines is 1. The Labute approximate surface area is 236 Å². The molecule has 1 aliphatic carbocycles. The summed E-state index contributed by atoms with van der Waals surface area (Å²) in [6, 6.07) is 28.3. The van der Waals surface area contributed by atoms with Crippen LogP contribution in [-0.2, 0) is 26.2 Å². The van der Waals surface area contributed by atoms with E-state index in [4.69, 9.17) is 9.47 Å². The second-order valence-electron chi connectivity index (χ2n) is 11.1. The van der Waals surface area contributed by atoms with Crippen LogP contribution in [0.1, 0.15) is 54.1 Å². The number of methoxy groups -OCH3 is 1. The van der Waals surface area contributed by atoms with E-state index in [0.717, 1.165) is 30.9 Å². The highest BCUT2D eigenvalue weighted by Gasteiger charge is 2.61. The van der Waals surface area contributed by atoms with Gasteiger partial charge in [-0.15, -0.1) is 0 Å². The van der Waals surface area contributed by atoms with Crippen LogP contribution in [0.3, 0.4) is 0 Å². The SMILES string of the molecule is CCC(C[C@@H]1CC(C(=O)OC)=C2Nc3ccccc3[C@]23CCN(Cc2ccccc2)[C@@H]13)OC(=O)c1ccccc1. The first kappa shape index (κ1) is 26.3. The summed E-state index contributed by atoms with van der Waals surface area (Å²) in [5, 5.41) is 3.66. The number of likely N-dealkylation sites (tertiary alicyclic amines) is 1. The molecule has 6 heteroatoms. The number of rotatable bonds is 8. The minimum absolute atomic E-state index is 0.0885. The summed E-state index contributed by atoms with van der Waals surface area (Å²) in [4.78, 5) is 28.9. The van der Waals surface area contributed by atoms with Gasteiger partial charge in [0.15, 0.2) is 0 Å². The van der Waals surface area contributed by atoms with Crippen molar-refractivity contribution in [2.75, 3.05) is 19.0 Å². The molecular weight excluding hydrogens is 500 g/mol. The lowest BCUT2D eigenvalue weighted by Gasteiger charge is -2.46. The summed E-state index contributed by atoms with van der Waals surface area (Å²) in [7, 11) is 1.46. The fourth-order valence-electron chi connectivity index (χ4n) is 7.31. The zero-order valence-corrected chi connectivity index (χ0v) is 23.1. The van der Waals surface area contributed by atoms with Gasteiger partial charge in [0.2, 0.25) is 0 Å². The highest BCUT2D eigenvalue weighted by atomic mass is 16.5. The first-order valence-corrected chi connectivity index (χ1v) is 14.3. The number of para-hydroxylation sites is 1. The van der Waals surface area contributed by atoms with Gasteiger partial charge in [0.25, 0.3) is 0 Å². The Hall–Kier alpha value is -3.90. The molecule has 2 aliphatic heterocycles. The van der Waals surface area contributed by atoms with Crippen molar-refractivity contribution >= 4 is 17.6 Å². The molecule has 3 aromatic rings. The second-order valence-corrected chi connectivity index (χ2v) is 11.1. The van der Waals surface area contributed by atoms with E-state index in [1.54, 1.807) is 12.1 Å². The van der Waals surface area contributed by atoms with Gasteiger partial charge in [0.05, 0.1) is 23.7 Å². The lowest BCUT2D eigenvalue weighted by molar-refractivity contribution is -0.136. The van der Waals surface area contributed by atoms with E-state index in [9.17, 15) is 9.59 Å². The molecule has 0 aromatic heterocycles. The van der Waals surface area contributed by atoms with Crippen molar-refractivity contribution in [2.45, 2.75) is 56.7 Å². The van der Waals surface area contributed by atoms with Gasteiger partial charge in [0.1, 0.15) is 6.10 Å². The third kappa shape index (κ3) is 4.50. The monoisotopic (exact) mass is 536 g/mol. The van der Waals surface area contributed by atoms with Crippen LogP contribution in [0.25, 0.3) is 0 Å². The summed E-state index contributed by atoms with van der Waals surface area (Å²) >= 11 is 0. The van der Waals surface area contributed by atoms with Crippen molar-refractivity contribution in [3.05, 3.63) is 113 Å². The van der Waals surface area contributed by atoms with E-state index in [-0.39, 0.29) is 35.4 Å². The van der Waals surface area contributed by atoms with Gasteiger partial charge in [0, 0.05) is 30.5 Å². The molecule has 2 heterocycles. The Morgan fingerprint density at radius 3 is 2.40 bits per heavy atom. The molecule has 3 aromatic carbocycles. The number of nitrogens with one attached hydrogen (secondary N) is 1. The zero-order valence-electron chi connectivity index (χ0n) is 23.1. The Morgan fingerprint density at radius 1 is 0.975 bits per heavy atom. The molecule has 1 saturated heterocycles. The van der Waals surface area contributed by atoms with E-state index < -0.39 is 0 Å². The van der Waals surface area contributed by atoms with Crippen molar-refractivity contribution in [3.63, 3.8) is 0 Å². The topological polar surface area (TPSA) is 67.9 Å². The van der Waals surface area contributed by atoms with Crippen molar-refractivity contribution in [3.8, 4) is 0 Å². The van der Waals surface area contributed by atoms with Crippen LogP contribution in [0.5, 0.6) is 0 Å². The summed E-state index contributed by atoms with van der Waals surface area (Å²) in [6.45, 7) is 3.80. The Balaban J connectivity index is 1.40. The molecule has 6 nitrogen and oxygen atoms in total. The fourth-order valence-corrected chi connectivity index (χ4v) is 7.31. The molecule has 0 amide bonds. The van der Waals surface area contributed by atoms with Gasteiger partial charge in [-0.3, -0.25) is 4.90 Å². The molecule has 40 heavy (non-hydrogen) atoms. The Bertz CT molecular complexity index is 1420. The largest absolute Gasteiger partial charge is 0.466 e. The first-order valence-electron chi connectivity index (χ1n) is 14.3. The average Bonchev–Trinajstić information content (AvgIpc) is 3.55. The number of ether oxygens (including phenoxy) is 2. The summed E-state index contributed by atoms with van der Waals surface area (Å²) < 4.78 is 11.4. The normalized spacial score (nSPS) is 23.9. The van der Waals surface area contributed by atoms with Crippen LogP contribution in [0, 0.1) is 5.92 Å². The van der Waals surface area contributed by atoms with Crippen LogP contribution in [-0.4, -0.2) is 42.6 Å². The van der Waals surface area contributed by atoms with Crippen LogP contribution in [0.2, 0.25) is 0 Å². The molecule has 206 valence electrons. The molecule has 0 bridgehead atoms. The van der Waals surface area contributed by atoms with Gasteiger partial charge in [-0.25, -0.2) is 9.59 Å².